The second-order valence-corrected chi connectivity index (χ2v) is 2.08. The average molecular weight is 146 g/mol. The van der Waals surface area contributed by atoms with E-state index < -0.39 is 20.2 Å². The minimum atomic E-state index is -2.85. The van der Waals surface area contributed by atoms with Crippen LogP contribution in [0.3, 0.4) is 0 Å². The predicted octanol–water partition coefficient (Wildman–Crippen LogP) is -4.79. The van der Waals surface area contributed by atoms with Gasteiger partial charge in [-0.05, 0) is 0 Å². The zero-order valence-corrected chi connectivity index (χ0v) is 7.38. The maximum absolute atomic E-state index is 9.57. The fourth-order valence-corrected chi connectivity index (χ4v) is 0.370. The molecular formula is C2H4NaO4P. The summed E-state index contributed by atoms with van der Waals surface area (Å²) in [6.45, 7) is 0. The summed E-state index contributed by atoms with van der Waals surface area (Å²) in [5.74, 6) is -1.48. The average Bonchev–Trinajstić information content (AvgIpc) is 1.27. The largest absolute Gasteiger partial charge is 1.00 e. The fraction of sp³-hybridized carbons (Fsp3) is 0.500. The first-order valence-corrected chi connectivity index (χ1v) is 3.11. The van der Waals surface area contributed by atoms with E-state index >= 15 is 0 Å². The molecular weight excluding hydrogens is 142 g/mol. The van der Waals surface area contributed by atoms with Crippen molar-refractivity contribution in [2.75, 3.05) is 6.16 Å². The van der Waals surface area contributed by atoms with Crippen LogP contribution >= 0.6 is 8.03 Å². The van der Waals surface area contributed by atoms with Crippen LogP contribution in [-0.2, 0) is 9.36 Å². The molecule has 1 N–H and O–H groups in total. The molecule has 1 unspecified atom stereocenters. The SMILES string of the molecule is O=C([O-])C[PH](=O)O.[Na+]. The van der Waals surface area contributed by atoms with Gasteiger partial charge in [0.2, 0.25) is 0 Å². The molecule has 0 aliphatic carbocycles. The van der Waals surface area contributed by atoms with Gasteiger partial charge in [-0.3, -0.25) is 4.57 Å². The van der Waals surface area contributed by atoms with Gasteiger partial charge >= 0.3 is 29.6 Å². The summed E-state index contributed by atoms with van der Waals surface area (Å²) in [6, 6.07) is 0. The molecule has 0 saturated heterocycles. The minimum Gasteiger partial charge on any atom is -0.550 e. The van der Waals surface area contributed by atoms with Crippen molar-refractivity contribution in [1.82, 2.24) is 0 Å². The number of hydrogen-bond donors (Lipinski definition) is 1. The summed E-state index contributed by atoms with van der Waals surface area (Å²) < 4.78 is 9.57. The van der Waals surface area contributed by atoms with Crippen LogP contribution in [-0.4, -0.2) is 17.0 Å². The Morgan fingerprint density at radius 2 is 2.12 bits per heavy atom. The first-order chi connectivity index (χ1) is 3.13. The molecule has 0 bridgehead atoms. The molecule has 0 aromatic carbocycles. The van der Waals surface area contributed by atoms with E-state index in [0.717, 1.165) is 0 Å². The van der Waals surface area contributed by atoms with Crippen molar-refractivity contribution in [3.8, 4) is 0 Å². The molecule has 4 nitrogen and oxygen atoms in total. The van der Waals surface area contributed by atoms with Crippen molar-refractivity contribution in [3.63, 3.8) is 0 Å². The van der Waals surface area contributed by atoms with Crippen molar-refractivity contribution in [2.45, 2.75) is 0 Å². The van der Waals surface area contributed by atoms with E-state index in [1.165, 1.54) is 0 Å². The predicted molar refractivity (Wildman–Crippen MR) is 21.1 cm³/mol. The van der Waals surface area contributed by atoms with Gasteiger partial charge in [0.25, 0.3) is 0 Å². The van der Waals surface area contributed by atoms with E-state index in [2.05, 4.69) is 0 Å². The topological polar surface area (TPSA) is 77.4 Å². The summed E-state index contributed by atoms with van der Waals surface area (Å²) in [7, 11) is -2.85. The van der Waals surface area contributed by atoms with Gasteiger partial charge in [-0.15, -0.1) is 0 Å². The van der Waals surface area contributed by atoms with Gasteiger partial charge in [-0.2, -0.15) is 0 Å². The van der Waals surface area contributed by atoms with Crippen LogP contribution in [0, 0.1) is 0 Å². The van der Waals surface area contributed by atoms with Gasteiger partial charge < -0.3 is 14.8 Å². The number of carboxylic acid groups (broad SMARTS) is 1. The second kappa shape index (κ2) is 5.79. The minimum absolute atomic E-state index is 0. The summed E-state index contributed by atoms with van der Waals surface area (Å²) in [4.78, 5) is 17.2. The van der Waals surface area contributed by atoms with Gasteiger partial charge in [-0.25, -0.2) is 0 Å². The summed E-state index contributed by atoms with van der Waals surface area (Å²) >= 11 is 0. The van der Waals surface area contributed by atoms with Crippen LogP contribution in [0.25, 0.3) is 0 Å². The molecule has 0 fully saturated rings. The number of carbonyl (C=O) groups is 1. The molecule has 0 saturated carbocycles. The molecule has 42 valence electrons. The third-order valence-electron chi connectivity index (χ3n) is 0.296. The molecule has 0 aromatic rings. The molecule has 0 aliphatic heterocycles. The van der Waals surface area contributed by atoms with Gasteiger partial charge in [0.15, 0.2) is 8.03 Å². The maximum atomic E-state index is 9.57. The van der Waals surface area contributed by atoms with Crippen molar-refractivity contribution in [3.05, 3.63) is 0 Å². The quantitative estimate of drug-likeness (QED) is 0.313. The zero-order chi connectivity index (χ0) is 5.86. The van der Waals surface area contributed by atoms with Crippen LogP contribution < -0.4 is 34.7 Å². The summed E-state index contributed by atoms with van der Waals surface area (Å²) in [5, 5.41) is 9.36. The van der Waals surface area contributed by atoms with Gasteiger partial charge in [0, 0.05) is 0 Å². The molecule has 0 rings (SSSR count). The van der Waals surface area contributed by atoms with Crippen LogP contribution in [0.15, 0.2) is 0 Å². The Labute approximate surface area is 69.1 Å². The molecule has 8 heavy (non-hydrogen) atoms. The van der Waals surface area contributed by atoms with E-state index in [4.69, 9.17) is 4.89 Å². The Hall–Kier alpha value is 0.660. The third kappa shape index (κ3) is 9.83. The van der Waals surface area contributed by atoms with E-state index in [1.807, 2.05) is 0 Å². The Morgan fingerprint density at radius 1 is 1.75 bits per heavy atom. The second-order valence-electron chi connectivity index (χ2n) is 0.943. The molecule has 0 heterocycles. The van der Waals surface area contributed by atoms with E-state index in [9.17, 15) is 14.5 Å². The van der Waals surface area contributed by atoms with Gasteiger partial charge in [0.05, 0.1) is 12.1 Å². The van der Waals surface area contributed by atoms with Crippen LogP contribution in [0.2, 0.25) is 0 Å². The molecule has 1 atom stereocenters. The van der Waals surface area contributed by atoms with Gasteiger partial charge in [0.1, 0.15) is 0 Å². The summed E-state index contributed by atoms with van der Waals surface area (Å²) in [5.41, 5.74) is 0. The smallest absolute Gasteiger partial charge is 0.550 e. The Morgan fingerprint density at radius 3 is 2.12 bits per heavy atom. The van der Waals surface area contributed by atoms with Gasteiger partial charge in [-0.1, -0.05) is 0 Å². The zero-order valence-electron chi connectivity index (χ0n) is 4.38. The molecule has 0 radical (unpaired) electrons. The Kier molecular flexibility index (Phi) is 8.29. The molecule has 6 heteroatoms. The standard InChI is InChI=1S/C2H5O4P.Na/c3-2(4)1-7(5)6;/h7H,1H2,(H,3,4)(H,5,6);/q;+1/p-1. The van der Waals surface area contributed by atoms with Crippen LogP contribution in [0.1, 0.15) is 0 Å². The van der Waals surface area contributed by atoms with Crippen LogP contribution in [0.5, 0.6) is 0 Å². The number of rotatable bonds is 2. The van der Waals surface area contributed by atoms with Crippen molar-refractivity contribution >= 4 is 14.0 Å². The Balaban J connectivity index is 0. The maximum Gasteiger partial charge on any atom is 1.00 e. The summed E-state index contributed by atoms with van der Waals surface area (Å²) in [6.07, 6.45) is -0.731. The molecule has 0 spiro atoms. The third-order valence-corrected chi connectivity index (χ3v) is 0.887. The van der Waals surface area contributed by atoms with E-state index in [-0.39, 0.29) is 29.6 Å². The number of carbonyl (C=O) groups excluding carboxylic acids is 1. The number of aliphatic carboxylic acids is 1. The first kappa shape index (κ1) is 11.5. The van der Waals surface area contributed by atoms with E-state index in [1.54, 1.807) is 0 Å². The normalized spacial score (nSPS) is 11.6. The number of carboxylic acids is 1. The monoisotopic (exact) mass is 146 g/mol. The molecule has 0 aliphatic rings. The Bertz CT molecular complexity index is 90.2. The van der Waals surface area contributed by atoms with Crippen molar-refractivity contribution < 1.29 is 48.9 Å². The van der Waals surface area contributed by atoms with E-state index in [0.29, 0.717) is 0 Å². The van der Waals surface area contributed by atoms with Crippen LogP contribution in [0.4, 0.5) is 0 Å². The van der Waals surface area contributed by atoms with Crippen molar-refractivity contribution in [2.24, 2.45) is 0 Å². The number of hydrogen-bond acceptors (Lipinski definition) is 3. The van der Waals surface area contributed by atoms with Crippen molar-refractivity contribution in [1.29, 1.82) is 0 Å². The molecule has 0 aromatic heterocycles. The first-order valence-electron chi connectivity index (χ1n) is 1.54. The molecule has 0 amide bonds. The fourth-order valence-electron chi connectivity index (χ4n) is 0.123.